The average molecular weight is 387 g/mol. The van der Waals surface area contributed by atoms with Crippen LogP contribution < -0.4 is 5.32 Å². The highest BCUT2D eigenvalue weighted by atomic mass is 32.1. The van der Waals surface area contributed by atoms with E-state index in [0.29, 0.717) is 11.3 Å². The lowest BCUT2D eigenvalue weighted by Crippen LogP contribution is -2.31. The normalized spacial score (nSPS) is 12.6. The molecule has 3 heterocycles. The Morgan fingerprint density at radius 3 is 2.65 bits per heavy atom. The molecule has 134 valence electrons. The smallest absolute Gasteiger partial charge is 0.340 e. The highest BCUT2D eigenvalue weighted by Gasteiger charge is 2.18. The first-order valence-corrected chi connectivity index (χ1v) is 9.68. The van der Waals surface area contributed by atoms with Crippen LogP contribution in [0.3, 0.4) is 0 Å². The number of hydrogen-bond acceptors (Lipinski definition) is 6. The second-order valence-electron chi connectivity index (χ2n) is 5.43. The molecule has 1 atom stereocenters. The Labute approximate surface area is 158 Å². The van der Waals surface area contributed by atoms with Crippen molar-refractivity contribution in [1.82, 2.24) is 5.32 Å². The maximum Gasteiger partial charge on any atom is 0.340 e. The highest BCUT2D eigenvalue weighted by molar-refractivity contribution is 7.12. The zero-order valence-electron chi connectivity index (χ0n) is 14.0. The first-order valence-electron chi connectivity index (χ1n) is 7.92. The second kappa shape index (κ2) is 8.64. The van der Waals surface area contributed by atoms with Gasteiger partial charge in [-0.05, 0) is 48.0 Å². The third-order valence-electron chi connectivity index (χ3n) is 3.52. The van der Waals surface area contributed by atoms with Crippen LogP contribution >= 0.6 is 22.7 Å². The Balaban J connectivity index is 1.62. The fourth-order valence-electron chi connectivity index (χ4n) is 2.28. The molecule has 0 aliphatic carbocycles. The monoisotopic (exact) mass is 387 g/mol. The molecule has 0 bridgehead atoms. The van der Waals surface area contributed by atoms with E-state index in [-0.39, 0.29) is 18.6 Å². The summed E-state index contributed by atoms with van der Waals surface area (Å²) in [5, 5.41) is 6.56. The van der Waals surface area contributed by atoms with Crippen molar-refractivity contribution >= 4 is 46.2 Å². The zero-order chi connectivity index (χ0) is 18.4. The number of rotatable bonds is 7. The van der Waals surface area contributed by atoms with Crippen LogP contribution in [0.4, 0.5) is 0 Å². The van der Waals surface area contributed by atoms with E-state index in [4.69, 9.17) is 9.15 Å². The standard InChI is InChI=1S/C19H17NO4S2/c1-13(16-6-2-8-23-16)20-18(21)12-24-19(22)15(17-7-4-10-26-17)11-14-5-3-9-25-14/h2-11,13H,12H2,1H3,(H,20,21)/b15-11+/t13-/m1/s1. The van der Waals surface area contributed by atoms with Crippen LogP contribution in [0.25, 0.3) is 11.6 Å². The van der Waals surface area contributed by atoms with Crippen molar-refractivity contribution in [2.45, 2.75) is 13.0 Å². The molecular weight excluding hydrogens is 370 g/mol. The predicted octanol–water partition coefficient (Wildman–Crippen LogP) is 4.36. The van der Waals surface area contributed by atoms with E-state index in [1.165, 1.54) is 22.7 Å². The molecule has 3 aromatic heterocycles. The van der Waals surface area contributed by atoms with Crippen LogP contribution in [0.2, 0.25) is 0 Å². The van der Waals surface area contributed by atoms with Gasteiger partial charge in [0.2, 0.25) is 0 Å². The summed E-state index contributed by atoms with van der Waals surface area (Å²) < 4.78 is 10.5. The van der Waals surface area contributed by atoms with Gasteiger partial charge in [-0.1, -0.05) is 12.1 Å². The van der Waals surface area contributed by atoms with Crippen LogP contribution in [0.5, 0.6) is 0 Å². The first kappa shape index (κ1) is 18.2. The Bertz CT molecular complexity index is 865. The maximum atomic E-state index is 12.5. The van der Waals surface area contributed by atoms with Crippen LogP contribution in [0.1, 0.15) is 28.5 Å². The Morgan fingerprint density at radius 2 is 2.00 bits per heavy atom. The molecule has 0 saturated heterocycles. The molecular formula is C19H17NO4S2. The molecule has 0 saturated carbocycles. The number of esters is 1. The molecule has 0 radical (unpaired) electrons. The summed E-state index contributed by atoms with van der Waals surface area (Å²) in [6.45, 7) is 1.45. The SMILES string of the molecule is C[C@@H](NC(=O)COC(=O)/C(=C/c1cccs1)c1cccs1)c1ccco1. The molecule has 7 heteroatoms. The summed E-state index contributed by atoms with van der Waals surface area (Å²) in [6.07, 6.45) is 3.32. The summed E-state index contributed by atoms with van der Waals surface area (Å²) in [6, 6.07) is 10.8. The molecule has 0 unspecified atom stereocenters. The topological polar surface area (TPSA) is 68.5 Å². The summed E-state index contributed by atoms with van der Waals surface area (Å²) in [4.78, 5) is 26.3. The summed E-state index contributed by atoms with van der Waals surface area (Å²) in [5.41, 5.74) is 0.439. The van der Waals surface area contributed by atoms with E-state index in [1.54, 1.807) is 31.4 Å². The van der Waals surface area contributed by atoms with Crippen molar-refractivity contribution in [2.24, 2.45) is 0 Å². The van der Waals surface area contributed by atoms with Crippen molar-refractivity contribution in [3.8, 4) is 0 Å². The number of hydrogen-bond donors (Lipinski definition) is 1. The van der Waals surface area contributed by atoms with E-state index in [1.807, 2.05) is 35.0 Å². The molecule has 1 amide bonds. The van der Waals surface area contributed by atoms with Crippen molar-refractivity contribution in [3.05, 3.63) is 68.9 Å². The summed E-state index contributed by atoms with van der Waals surface area (Å²) >= 11 is 2.97. The number of ether oxygens (including phenoxy) is 1. The predicted molar refractivity (Wildman–Crippen MR) is 103 cm³/mol. The lowest BCUT2D eigenvalue weighted by Gasteiger charge is -2.12. The van der Waals surface area contributed by atoms with E-state index >= 15 is 0 Å². The molecule has 0 spiro atoms. The molecule has 0 aromatic carbocycles. The fraction of sp³-hybridized carbons (Fsp3) is 0.158. The maximum absolute atomic E-state index is 12.5. The molecule has 0 aliphatic heterocycles. The third kappa shape index (κ3) is 4.71. The number of carbonyl (C=O) groups excluding carboxylic acids is 2. The van der Waals surface area contributed by atoms with Crippen molar-refractivity contribution < 1.29 is 18.7 Å². The molecule has 3 rings (SSSR count). The lowest BCUT2D eigenvalue weighted by molar-refractivity contribution is -0.143. The Hall–Kier alpha value is -2.64. The Kier molecular flexibility index (Phi) is 6.04. The van der Waals surface area contributed by atoms with Crippen LogP contribution in [0, 0.1) is 0 Å². The van der Waals surface area contributed by atoms with E-state index in [0.717, 1.165) is 9.75 Å². The van der Waals surface area contributed by atoms with Crippen molar-refractivity contribution in [3.63, 3.8) is 0 Å². The van der Waals surface area contributed by atoms with E-state index < -0.39 is 5.97 Å². The number of amides is 1. The molecule has 0 aliphatic rings. The van der Waals surface area contributed by atoms with Gasteiger partial charge in [0.05, 0.1) is 17.9 Å². The number of nitrogens with one attached hydrogen (secondary N) is 1. The molecule has 1 N–H and O–H groups in total. The highest BCUT2D eigenvalue weighted by Crippen LogP contribution is 2.25. The number of thiophene rings is 2. The van der Waals surface area contributed by atoms with Gasteiger partial charge in [0.15, 0.2) is 6.61 Å². The molecule has 0 fully saturated rings. The van der Waals surface area contributed by atoms with E-state index in [2.05, 4.69) is 5.32 Å². The van der Waals surface area contributed by atoms with Gasteiger partial charge in [-0.3, -0.25) is 4.79 Å². The summed E-state index contributed by atoms with van der Waals surface area (Å²) in [5.74, 6) is -0.271. The van der Waals surface area contributed by atoms with Crippen molar-refractivity contribution in [1.29, 1.82) is 0 Å². The third-order valence-corrected chi connectivity index (χ3v) is 5.24. The Morgan fingerprint density at radius 1 is 1.19 bits per heavy atom. The molecule has 3 aromatic rings. The largest absolute Gasteiger partial charge is 0.467 e. The van der Waals surface area contributed by atoms with Gasteiger partial charge < -0.3 is 14.5 Å². The van der Waals surface area contributed by atoms with Gasteiger partial charge in [0.25, 0.3) is 5.91 Å². The van der Waals surface area contributed by atoms with Crippen molar-refractivity contribution in [2.75, 3.05) is 6.61 Å². The fourth-order valence-corrected chi connectivity index (χ4v) is 3.67. The zero-order valence-corrected chi connectivity index (χ0v) is 15.6. The lowest BCUT2D eigenvalue weighted by atomic mass is 10.2. The van der Waals surface area contributed by atoms with Gasteiger partial charge in [-0.2, -0.15) is 0 Å². The van der Waals surface area contributed by atoms with Gasteiger partial charge in [0.1, 0.15) is 5.76 Å². The quantitative estimate of drug-likeness (QED) is 0.483. The minimum Gasteiger partial charge on any atom is -0.467 e. The van der Waals surface area contributed by atoms with Gasteiger partial charge in [-0.15, -0.1) is 22.7 Å². The van der Waals surface area contributed by atoms with Gasteiger partial charge >= 0.3 is 5.97 Å². The van der Waals surface area contributed by atoms with Gasteiger partial charge in [-0.25, -0.2) is 4.79 Å². The van der Waals surface area contributed by atoms with Gasteiger partial charge in [0, 0.05) is 9.75 Å². The molecule has 5 nitrogen and oxygen atoms in total. The average Bonchev–Trinajstić information content (AvgIpc) is 3.40. The summed E-state index contributed by atoms with van der Waals surface area (Å²) in [7, 11) is 0. The van der Waals surface area contributed by atoms with Crippen LogP contribution in [-0.4, -0.2) is 18.5 Å². The second-order valence-corrected chi connectivity index (χ2v) is 7.36. The van der Waals surface area contributed by atoms with Crippen LogP contribution in [-0.2, 0) is 14.3 Å². The van der Waals surface area contributed by atoms with Crippen LogP contribution in [0.15, 0.2) is 57.8 Å². The number of furan rings is 1. The molecule has 26 heavy (non-hydrogen) atoms. The minimum absolute atomic E-state index is 0.297. The first-order chi connectivity index (χ1) is 12.6. The number of carbonyl (C=O) groups is 2. The minimum atomic E-state index is -0.526. The van der Waals surface area contributed by atoms with E-state index in [9.17, 15) is 9.59 Å².